The van der Waals surface area contributed by atoms with E-state index in [4.69, 9.17) is 0 Å². The van der Waals surface area contributed by atoms with Crippen molar-refractivity contribution < 1.29 is 13.6 Å². The highest BCUT2D eigenvalue weighted by atomic mass is 19.1. The Morgan fingerprint density at radius 3 is 2.71 bits per heavy atom. The number of halogens is 2. The molecule has 0 spiro atoms. The Morgan fingerprint density at radius 2 is 1.90 bits per heavy atom. The number of Topliss-reactive ketones (excluding diaryl/α,β-unsaturated/α-hetero) is 1. The van der Waals surface area contributed by atoms with Crippen LogP contribution in [0, 0.1) is 11.6 Å². The van der Waals surface area contributed by atoms with Crippen LogP contribution in [-0.2, 0) is 6.42 Å². The van der Waals surface area contributed by atoms with Gasteiger partial charge in [0.15, 0.2) is 5.78 Å². The average Bonchev–Trinajstić information content (AvgIpc) is 2.49. The molecule has 0 aliphatic rings. The Kier molecular flexibility index (Phi) is 3.44. The third-order valence-electron chi connectivity index (χ3n) is 3.29. The van der Waals surface area contributed by atoms with E-state index in [0.29, 0.717) is 5.56 Å². The van der Waals surface area contributed by atoms with E-state index in [1.807, 2.05) is 6.07 Å². The zero-order valence-electron chi connectivity index (χ0n) is 11.0. The van der Waals surface area contributed by atoms with Crippen molar-refractivity contribution in [2.45, 2.75) is 6.42 Å². The summed E-state index contributed by atoms with van der Waals surface area (Å²) in [6.45, 7) is 0. The van der Waals surface area contributed by atoms with Gasteiger partial charge in [0.05, 0.1) is 5.52 Å². The second-order valence-corrected chi connectivity index (χ2v) is 4.75. The van der Waals surface area contributed by atoms with Crippen LogP contribution in [-0.4, -0.2) is 10.8 Å². The SMILES string of the molecule is O=C(Cc1ccc(F)cc1F)c1ccc2ncccc2c1. The number of rotatable bonds is 3. The first kappa shape index (κ1) is 13.4. The van der Waals surface area contributed by atoms with Crippen LogP contribution in [0.2, 0.25) is 0 Å². The molecule has 3 aromatic rings. The Hall–Kier alpha value is -2.62. The van der Waals surface area contributed by atoms with Crippen LogP contribution in [0.4, 0.5) is 8.78 Å². The lowest BCUT2D eigenvalue weighted by molar-refractivity contribution is 0.0992. The van der Waals surface area contributed by atoms with Crippen LogP contribution in [0.3, 0.4) is 0 Å². The molecule has 0 saturated heterocycles. The molecule has 4 heteroatoms. The predicted molar refractivity (Wildman–Crippen MR) is 76.1 cm³/mol. The summed E-state index contributed by atoms with van der Waals surface area (Å²) in [5, 5.41) is 0.850. The van der Waals surface area contributed by atoms with Gasteiger partial charge in [0, 0.05) is 29.6 Å². The molecule has 0 atom stereocenters. The predicted octanol–water partition coefficient (Wildman–Crippen LogP) is 3.94. The molecule has 0 unspecified atom stereocenters. The molecule has 2 nitrogen and oxygen atoms in total. The summed E-state index contributed by atoms with van der Waals surface area (Å²) < 4.78 is 26.4. The topological polar surface area (TPSA) is 30.0 Å². The van der Waals surface area contributed by atoms with Gasteiger partial charge < -0.3 is 0 Å². The van der Waals surface area contributed by atoms with E-state index in [0.717, 1.165) is 23.0 Å². The molecule has 1 heterocycles. The monoisotopic (exact) mass is 283 g/mol. The summed E-state index contributed by atoms with van der Waals surface area (Å²) in [4.78, 5) is 16.4. The number of hydrogen-bond acceptors (Lipinski definition) is 2. The maximum atomic E-state index is 13.6. The quantitative estimate of drug-likeness (QED) is 0.681. The van der Waals surface area contributed by atoms with Crippen molar-refractivity contribution >= 4 is 16.7 Å². The van der Waals surface area contributed by atoms with Gasteiger partial charge in [-0.2, -0.15) is 0 Å². The summed E-state index contributed by atoms with van der Waals surface area (Å²) >= 11 is 0. The van der Waals surface area contributed by atoms with Crippen LogP contribution in [0.25, 0.3) is 10.9 Å². The van der Waals surface area contributed by atoms with Gasteiger partial charge in [-0.25, -0.2) is 8.78 Å². The lowest BCUT2D eigenvalue weighted by Crippen LogP contribution is -2.05. The molecule has 0 saturated carbocycles. The number of hydrogen-bond donors (Lipinski definition) is 0. The van der Waals surface area contributed by atoms with Gasteiger partial charge in [-0.15, -0.1) is 0 Å². The van der Waals surface area contributed by atoms with Gasteiger partial charge in [0.1, 0.15) is 11.6 Å². The number of fused-ring (bicyclic) bond motifs is 1. The highest BCUT2D eigenvalue weighted by Crippen LogP contribution is 2.17. The van der Waals surface area contributed by atoms with Crippen molar-refractivity contribution in [2.24, 2.45) is 0 Å². The van der Waals surface area contributed by atoms with E-state index in [1.54, 1.807) is 30.5 Å². The maximum absolute atomic E-state index is 13.6. The summed E-state index contributed by atoms with van der Waals surface area (Å²) in [6.07, 6.45) is 1.58. The number of nitrogens with zero attached hydrogens (tertiary/aromatic N) is 1. The van der Waals surface area contributed by atoms with Crippen LogP contribution >= 0.6 is 0 Å². The minimum Gasteiger partial charge on any atom is -0.294 e. The molecule has 0 aliphatic heterocycles. The number of carbonyl (C=O) groups is 1. The van der Waals surface area contributed by atoms with E-state index >= 15 is 0 Å². The lowest BCUT2D eigenvalue weighted by atomic mass is 10.0. The van der Waals surface area contributed by atoms with Crippen LogP contribution in [0.5, 0.6) is 0 Å². The van der Waals surface area contributed by atoms with Crippen molar-refractivity contribution in [3.8, 4) is 0 Å². The molecule has 0 fully saturated rings. The number of benzene rings is 2. The molecule has 0 N–H and O–H groups in total. The minimum absolute atomic E-state index is 0.0993. The highest BCUT2D eigenvalue weighted by molar-refractivity contribution is 6.00. The van der Waals surface area contributed by atoms with Gasteiger partial charge in [-0.3, -0.25) is 9.78 Å². The summed E-state index contributed by atoms with van der Waals surface area (Å²) in [6, 6.07) is 12.0. The second kappa shape index (κ2) is 5.40. The highest BCUT2D eigenvalue weighted by Gasteiger charge is 2.12. The average molecular weight is 283 g/mol. The molecule has 21 heavy (non-hydrogen) atoms. The number of aromatic nitrogens is 1. The number of ketones is 1. The third kappa shape index (κ3) is 2.79. The van der Waals surface area contributed by atoms with E-state index in [9.17, 15) is 13.6 Å². The van der Waals surface area contributed by atoms with E-state index < -0.39 is 11.6 Å². The fourth-order valence-corrected chi connectivity index (χ4v) is 2.19. The summed E-state index contributed by atoms with van der Waals surface area (Å²) in [5.41, 5.74) is 1.47. The smallest absolute Gasteiger partial charge is 0.167 e. The lowest BCUT2D eigenvalue weighted by Gasteiger charge is -2.04. The zero-order chi connectivity index (χ0) is 14.8. The van der Waals surface area contributed by atoms with Crippen molar-refractivity contribution in [1.82, 2.24) is 4.98 Å². The van der Waals surface area contributed by atoms with Crippen LogP contribution < -0.4 is 0 Å². The van der Waals surface area contributed by atoms with Gasteiger partial charge in [0.2, 0.25) is 0 Å². The molecule has 0 bridgehead atoms. The van der Waals surface area contributed by atoms with E-state index in [-0.39, 0.29) is 17.8 Å². The molecule has 104 valence electrons. The first-order chi connectivity index (χ1) is 10.1. The number of pyridine rings is 1. The van der Waals surface area contributed by atoms with Gasteiger partial charge in [-0.1, -0.05) is 12.1 Å². The molecule has 3 rings (SSSR count). The van der Waals surface area contributed by atoms with Crippen LogP contribution in [0.15, 0.2) is 54.7 Å². The van der Waals surface area contributed by atoms with Gasteiger partial charge in [0.25, 0.3) is 0 Å². The fourth-order valence-electron chi connectivity index (χ4n) is 2.19. The summed E-state index contributed by atoms with van der Waals surface area (Å²) in [5.74, 6) is -1.57. The minimum atomic E-state index is -0.703. The molecular formula is C17H11F2NO. The molecule has 2 aromatic carbocycles. The normalized spacial score (nSPS) is 10.8. The third-order valence-corrected chi connectivity index (χ3v) is 3.29. The van der Waals surface area contributed by atoms with Crippen molar-refractivity contribution in [3.63, 3.8) is 0 Å². The number of carbonyl (C=O) groups excluding carboxylic acids is 1. The van der Waals surface area contributed by atoms with Crippen molar-refractivity contribution in [2.75, 3.05) is 0 Å². The Morgan fingerprint density at radius 1 is 1.05 bits per heavy atom. The largest absolute Gasteiger partial charge is 0.294 e. The Labute approximate surface area is 120 Å². The Bertz CT molecular complexity index is 830. The van der Waals surface area contributed by atoms with Crippen molar-refractivity contribution in [1.29, 1.82) is 0 Å². The zero-order valence-corrected chi connectivity index (χ0v) is 11.0. The van der Waals surface area contributed by atoms with Gasteiger partial charge in [-0.05, 0) is 35.9 Å². The Balaban J connectivity index is 1.89. The molecule has 0 amide bonds. The molecule has 0 radical (unpaired) electrons. The maximum Gasteiger partial charge on any atom is 0.167 e. The summed E-state index contributed by atoms with van der Waals surface area (Å²) in [7, 11) is 0. The molecule has 1 aromatic heterocycles. The molecular weight excluding hydrogens is 272 g/mol. The fraction of sp³-hybridized carbons (Fsp3) is 0.0588. The van der Waals surface area contributed by atoms with Crippen LogP contribution in [0.1, 0.15) is 15.9 Å². The molecule has 0 aliphatic carbocycles. The van der Waals surface area contributed by atoms with E-state index in [1.165, 1.54) is 6.07 Å². The van der Waals surface area contributed by atoms with Crippen molar-refractivity contribution in [3.05, 3.63) is 77.5 Å². The second-order valence-electron chi connectivity index (χ2n) is 4.75. The van der Waals surface area contributed by atoms with Gasteiger partial charge >= 0.3 is 0 Å². The van der Waals surface area contributed by atoms with E-state index in [2.05, 4.69) is 4.98 Å². The first-order valence-corrected chi connectivity index (χ1v) is 6.45. The standard InChI is InChI=1S/C17H11F2NO/c18-14-5-3-11(15(19)10-14)9-17(21)13-4-6-16-12(8-13)2-1-7-20-16/h1-8,10H,9H2. The first-order valence-electron chi connectivity index (χ1n) is 6.45.